The van der Waals surface area contributed by atoms with Crippen LogP contribution in [-0.2, 0) is 23.0 Å². The van der Waals surface area contributed by atoms with Crippen molar-refractivity contribution < 1.29 is 17.6 Å². The zero-order valence-corrected chi connectivity index (χ0v) is 16.5. The molecule has 3 aromatic rings. The Bertz CT molecular complexity index is 1110. The second-order valence-electron chi connectivity index (χ2n) is 5.98. The summed E-state index contributed by atoms with van der Waals surface area (Å²) in [5.41, 5.74) is 1.33. The Labute approximate surface area is 171 Å². The summed E-state index contributed by atoms with van der Waals surface area (Å²) in [4.78, 5) is 19.8. The third kappa shape index (κ3) is 5.59. The van der Waals surface area contributed by atoms with Crippen molar-refractivity contribution >= 4 is 27.4 Å². The first kappa shape index (κ1) is 20.9. The number of Topliss-reactive ketones (excluding diaryl/α,β-unsaturated/α-hetero) is 1. The highest BCUT2D eigenvalue weighted by molar-refractivity contribution is 7.89. The van der Waals surface area contributed by atoms with Gasteiger partial charge in [-0.1, -0.05) is 11.6 Å². The topological polar surface area (TPSA) is 115 Å². The quantitative estimate of drug-likeness (QED) is 0.540. The van der Waals surface area contributed by atoms with Crippen LogP contribution >= 0.6 is 11.6 Å². The van der Waals surface area contributed by atoms with Crippen LogP contribution in [0.5, 0.6) is 0 Å². The number of nitrogens with zero attached hydrogens (tertiary/aromatic N) is 4. The summed E-state index contributed by atoms with van der Waals surface area (Å²) in [5.74, 6) is -0.911. The molecule has 0 unspecified atom stereocenters. The number of carbonyl (C=O) groups is 1. The maximum Gasteiger partial charge on any atom is 0.240 e. The molecule has 0 aliphatic carbocycles. The Morgan fingerprint density at radius 2 is 1.86 bits per heavy atom. The van der Waals surface area contributed by atoms with Crippen molar-refractivity contribution in [2.75, 3.05) is 0 Å². The van der Waals surface area contributed by atoms with E-state index < -0.39 is 15.8 Å². The van der Waals surface area contributed by atoms with Crippen LogP contribution in [0.4, 0.5) is 4.39 Å². The van der Waals surface area contributed by atoms with Crippen LogP contribution < -0.4 is 4.72 Å². The van der Waals surface area contributed by atoms with Gasteiger partial charge in [0.2, 0.25) is 10.0 Å². The molecule has 0 saturated heterocycles. The SMILES string of the molecule is O=C(CCc1cncnc1)c1ccc(CNS(=O)(=O)c2ccc(F)c(Cl)c2)nn1. The van der Waals surface area contributed by atoms with Crippen molar-refractivity contribution in [1.29, 1.82) is 0 Å². The number of benzene rings is 1. The maximum absolute atomic E-state index is 13.2. The van der Waals surface area contributed by atoms with Gasteiger partial charge in [-0.15, -0.1) is 5.10 Å². The summed E-state index contributed by atoms with van der Waals surface area (Å²) in [6.45, 7) is -0.153. The fourth-order valence-electron chi connectivity index (χ4n) is 2.34. The molecule has 3 rings (SSSR count). The molecule has 0 atom stereocenters. The van der Waals surface area contributed by atoms with Gasteiger partial charge in [-0.25, -0.2) is 27.5 Å². The first-order valence-corrected chi connectivity index (χ1v) is 10.3. The van der Waals surface area contributed by atoms with Gasteiger partial charge in [-0.2, -0.15) is 5.10 Å². The average molecular weight is 436 g/mol. The predicted molar refractivity (Wildman–Crippen MR) is 102 cm³/mol. The largest absolute Gasteiger partial charge is 0.292 e. The molecule has 1 aromatic carbocycles. The number of aromatic nitrogens is 4. The summed E-state index contributed by atoms with van der Waals surface area (Å²) >= 11 is 5.62. The average Bonchev–Trinajstić information content (AvgIpc) is 2.73. The number of halogens is 2. The van der Waals surface area contributed by atoms with Crippen molar-refractivity contribution in [1.82, 2.24) is 24.9 Å². The number of carbonyl (C=O) groups excluding carboxylic acids is 1. The zero-order chi connectivity index (χ0) is 20.9. The molecular formula is C18H15ClFN5O3S. The summed E-state index contributed by atoms with van der Waals surface area (Å²) in [7, 11) is -3.91. The number of rotatable bonds is 8. The van der Waals surface area contributed by atoms with E-state index >= 15 is 0 Å². The van der Waals surface area contributed by atoms with Crippen LogP contribution in [0, 0.1) is 5.82 Å². The lowest BCUT2D eigenvalue weighted by molar-refractivity contribution is 0.0977. The Hall–Kier alpha value is -2.82. The lowest BCUT2D eigenvalue weighted by atomic mass is 10.1. The van der Waals surface area contributed by atoms with E-state index in [4.69, 9.17) is 11.6 Å². The number of aryl methyl sites for hydroxylation is 1. The van der Waals surface area contributed by atoms with E-state index in [2.05, 4.69) is 24.9 Å². The lowest BCUT2D eigenvalue weighted by Gasteiger charge is -2.07. The second kappa shape index (κ2) is 9.12. The van der Waals surface area contributed by atoms with Crippen molar-refractivity contribution in [2.45, 2.75) is 24.3 Å². The van der Waals surface area contributed by atoms with Crippen molar-refractivity contribution in [2.24, 2.45) is 0 Å². The first-order chi connectivity index (χ1) is 13.8. The van der Waals surface area contributed by atoms with Gasteiger partial charge in [0, 0.05) is 18.8 Å². The molecule has 2 heterocycles. The summed E-state index contributed by atoms with van der Waals surface area (Å²) < 4.78 is 40.0. The Balaban J connectivity index is 1.58. The minimum atomic E-state index is -3.91. The number of nitrogens with one attached hydrogen (secondary N) is 1. The monoisotopic (exact) mass is 435 g/mol. The molecule has 0 aliphatic heterocycles. The van der Waals surface area contributed by atoms with Crippen LogP contribution in [0.1, 0.15) is 28.2 Å². The molecule has 2 aromatic heterocycles. The third-order valence-corrected chi connectivity index (χ3v) is 5.59. The molecule has 8 nitrogen and oxygen atoms in total. The lowest BCUT2D eigenvalue weighted by Crippen LogP contribution is -2.24. The Morgan fingerprint density at radius 3 is 2.52 bits per heavy atom. The minimum absolute atomic E-state index is 0.153. The number of ketones is 1. The van der Waals surface area contributed by atoms with Crippen LogP contribution in [0.2, 0.25) is 5.02 Å². The van der Waals surface area contributed by atoms with E-state index in [9.17, 15) is 17.6 Å². The van der Waals surface area contributed by atoms with Crippen molar-refractivity contribution in [3.05, 3.63) is 76.8 Å². The minimum Gasteiger partial charge on any atom is -0.292 e. The predicted octanol–water partition coefficient (Wildman–Crippen LogP) is 2.35. The molecule has 0 bridgehead atoms. The molecule has 150 valence electrons. The van der Waals surface area contributed by atoms with Crippen LogP contribution in [0.15, 0.2) is 53.9 Å². The fourth-order valence-corrected chi connectivity index (χ4v) is 3.61. The molecule has 0 aliphatic rings. The van der Waals surface area contributed by atoms with Gasteiger partial charge in [0.25, 0.3) is 0 Å². The van der Waals surface area contributed by atoms with Gasteiger partial charge in [0.1, 0.15) is 17.8 Å². The molecule has 0 saturated carbocycles. The van der Waals surface area contributed by atoms with Gasteiger partial charge in [-0.05, 0) is 42.3 Å². The zero-order valence-electron chi connectivity index (χ0n) is 14.9. The molecule has 1 N–H and O–H groups in total. The number of hydrogen-bond acceptors (Lipinski definition) is 7. The highest BCUT2D eigenvalue weighted by atomic mass is 35.5. The first-order valence-electron chi connectivity index (χ1n) is 8.39. The van der Waals surface area contributed by atoms with Gasteiger partial charge >= 0.3 is 0 Å². The van der Waals surface area contributed by atoms with Crippen LogP contribution in [0.3, 0.4) is 0 Å². The van der Waals surface area contributed by atoms with Gasteiger partial charge in [0.15, 0.2) is 5.78 Å². The highest BCUT2D eigenvalue weighted by Crippen LogP contribution is 2.19. The standard InChI is InChI=1S/C18H15ClFN5O3S/c19-15-7-14(3-4-16(15)20)29(27,28)23-10-13-2-5-17(25-24-13)18(26)6-1-12-8-21-11-22-9-12/h2-5,7-9,11,23H,1,6,10H2. The summed E-state index contributed by atoms with van der Waals surface area (Å²) in [6.07, 6.45) is 5.38. The molecule has 11 heteroatoms. The molecule has 0 fully saturated rings. The summed E-state index contributed by atoms with van der Waals surface area (Å²) in [5, 5.41) is 7.43. The molecule has 0 spiro atoms. The van der Waals surface area contributed by atoms with Crippen LogP contribution in [0.25, 0.3) is 0 Å². The van der Waals surface area contributed by atoms with E-state index in [1.54, 1.807) is 12.4 Å². The normalized spacial score (nSPS) is 11.4. The van der Waals surface area contributed by atoms with E-state index in [1.807, 2.05) is 0 Å². The Kier molecular flexibility index (Phi) is 6.57. The van der Waals surface area contributed by atoms with Crippen molar-refractivity contribution in [3.8, 4) is 0 Å². The molecule has 29 heavy (non-hydrogen) atoms. The van der Waals surface area contributed by atoms with E-state index in [1.165, 1.54) is 18.5 Å². The van der Waals surface area contributed by atoms with E-state index in [0.29, 0.717) is 12.1 Å². The van der Waals surface area contributed by atoms with E-state index in [-0.39, 0.29) is 34.4 Å². The van der Waals surface area contributed by atoms with E-state index in [0.717, 1.165) is 23.8 Å². The van der Waals surface area contributed by atoms with Gasteiger partial charge < -0.3 is 0 Å². The smallest absolute Gasteiger partial charge is 0.240 e. The molecule has 0 radical (unpaired) electrons. The second-order valence-corrected chi connectivity index (χ2v) is 8.15. The molecular weight excluding hydrogens is 421 g/mol. The third-order valence-electron chi connectivity index (χ3n) is 3.90. The van der Waals surface area contributed by atoms with Crippen molar-refractivity contribution in [3.63, 3.8) is 0 Å². The maximum atomic E-state index is 13.2. The highest BCUT2D eigenvalue weighted by Gasteiger charge is 2.16. The fraction of sp³-hybridized carbons (Fsp3) is 0.167. The van der Waals surface area contributed by atoms with Crippen LogP contribution in [-0.4, -0.2) is 34.4 Å². The molecule has 0 amide bonds. The summed E-state index contributed by atoms with van der Waals surface area (Å²) in [6, 6.07) is 6.08. The van der Waals surface area contributed by atoms with Gasteiger partial charge in [-0.3, -0.25) is 4.79 Å². The number of sulfonamides is 1. The Morgan fingerprint density at radius 1 is 1.10 bits per heavy atom. The number of hydrogen-bond donors (Lipinski definition) is 1. The van der Waals surface area contributed by atoms with Gasteiger partial charge in [0.05, 0.1) is 22.2 Å².